The highest BCUT2D eigenvalue weighted by molar-refractivity contribution is 6.33. The van der Waals surface area contributed by atoms with E-state index in [-0.39, 0.29) is 0 Å². The maximum Gasteiger partial charge on any atom is 0.339 e. The molecule has 1 heterocycles. The van der Waals surface area contributed by atoms with E-state index >= 15 is 0 Å². The summed E-state index contributed by atoms with van der Waals surface area (Å²) in [6.07, 6.45) is 1.79. The number of hydrogen-bond donors (Lipinski definition) is 0. The molecule has 0 aliphatic carbocycles. The fraction of sp³-hybridized carbons (Fsp3) is 0.143. The van der Waals surface area contributed by atoms with Gasteiger partial charge >= 0.3 is 5.97 Å². The van der Waals surface area contributed by atoms with Crippen molar-refractivity contribution in [2.24, 2.45) is 4.99 Å². The molecule has 0 saturated carbocycles. The van der Waals surface area contributed by atoms with Gasteiger partial charge in [0.2, 0.25) is 0 Å². The van der Waals surface area contributed by atoms with Gasteiger partial charge in [-0.1, -0.05) is 23.2 Å². The van der Waals surface area contributed by atoms with Gasteiger partial charge < -0.3 is 9.30 Å². The molecule has 0 bridgehead atoms. The highest BCUT2D eigenvalue weighted by atomic mass is 35.5. The molecule has 1 aromatic heterocycles. The molecule has 3 rings (SSSR count). The first-order chi connectivity index (χ1) is 12.9. The van der Waals surface area contributed by atoms with Crippen LogP contribution in [0.15, 0.2) is 53.5 Å². The fourth-order valence-corrected chi connectivity index (χ4v) is 3.29. The van der Waals surface area contributed by atoms with E-state index in [1.54, 1.807) is 24.4 Å². The topological polar surface area (TPSA) is 43.6 Å². The number of halogens is 2. The number of hydrogen-bond acceptors (Lipinski definition) is 3. The number of ether oxygens (including phenoxy) is 1. The summed E-state index contributed by atoms with van der Waals surface area (Å²) in [5.41, 5.74) is 5.17. The predicted octanol–water partition coefficient (Wildman–Crippen LogP) is 5.94. The molecule has 0 atom stereocenters. The van der Waals surface area contributed by atoms with Crippen LogP contribution in [0.4, 0.5) is 5.69 Å². The second-order valence-corrected chi connectivity index (χ2v) is 6.90. The van der Waals surface area contributed by atoms with Crippen LogP contribution in [-0.4, -0.2) is 23.9 Å². The molecule has 0 amide bonds. The van der Waals surface area contributed by atoms with Crippen LogP contribution in [0.5, 0.6) is 0 Å². The third-order valence-corrected chi connectivity index (χ3v) is 4.83. The molecule has 0 aliphatic rings. The summed E-state index contributed by atoms with van der Waals surface area (Å²) in [5, 5.41) is 1.01. The van der Waals surface area contributed by atoms with Gasteiger partial charge in [0.05, 0.1) is 23.4 Å². The first kappa shape index (κ1) is 19.2. The Kier molecular flexibility index (Phi) is 5.68. The normalized spacial score (nSPS) is 11.1. The molecule has 2 aromatic carbocycles. The molecule has 0 radical (unpaired) electrons. The molecule has 27 heavy (non-hydrogen) atoms. The van der Waals surface area contributed by atoms with Crippen LogP contribution in [0.25, 0.3) is 5.69 Å². The standard InChI is InChI=1S/C21H18Cl2N2O2/c1-13-10-15(14(2)25(13)18-7-4-16(22)5-8-18)12-24-17-6-9-19(20(23)11-17)21(26)27-3/h4-12H,1-3H3. The smallest absolute Gasteiger partial charge is 0.339 e. The Bertz CT molecular complexity index is 1020. The first-order valence-corrected chi connectivity index (χ1v) is 9.03. The predicted molar refractivity (Wildman–Crippen MR) is 110 cm³/mol. The number of aryl methyl sites for hydroxylation is 1. The number of esters is 1. The molecule has 0 spiro atoms. The molecular formula is C21H18Cl2N2O2. The SMILES string of the molecule is COC(=O)c1ccc(N=Cc2cc(C)n(-c3ccc(Cl)cc3)c2C)cc1Cl. The van der Waals surface area contributed by atoms with Crippen LogP contribution in [0.1, 0.15) is 27.3 Å². The Balaban J connectivity index is 1.90. The lowest BCUT2D eigenvalue weighted by Crippen LogP contribution is -2.01. The number of benzene rings is 2. The van der Waals surface area contributed by atoms with E-state index in [0.717, 1.165) is 22.6 Å². The van der Waals surface area contributed by atoms with Crippen molar-refractivity contribution >= 4 is 41.1 Å². The Morgan fingerprint density at radius 3 is 2.41 bits per heavy atom. The second kappa shape index (κ2) is 7.99. The minimum absolute atomic E-state index is 0.308. The third-order valence-electron chi connectivity index (χ3n) is 4.27. The van der Waals surface area contributed by atoms with Crippen LogP contribution >= 0.6 is 23.2 Å². The van der Waals surface area contributed by atoms with Crippen LogP contribution in [0, 0.1) is 13.8 Å². The van der Waals surface area contributed by atoms with Crippen molar-refractivity contribution in [3.63, 3.8) is 0 Å². The zero-order valence-corrected chi connectivity index (χ0v) is 16.7. The summed E-state index contributed by atoms with van der Waals surface area (Å²) in [6.45, 7) is 4.08. The number of rotatable bonds is 4. The number of carbonyl (C=O) groups excluding carboxylic acids is 1. The maximum absolute atomic E-state index is 11.6. The zero-order valence-electron chi connectivity index (χ0n) is 15.2. The van der Waals surface area contributed by atoms with E-state index in [4.69, 9.17) is 27.9 Å². The highest BCUT2D eigenvalue weighted by Gasteiger charge is 2.11. The minimum atomic E-state index is -0.470. The molecular weight excluding hydrogens is 383 g/mol. The van der Waals surface area contributed by atoms with Crippen molar-refractivity contribution in [2.45, 2.75) is 13.8 Å². The molecule has 6 heteroatoms. The van der Waals surface area contributed by atoms with Crippen LogP contribution < -0.4 is 0 Å². The lowest BCUT2D eigenvalue weighted by molar-refractivity contribution is 0.0601. The van der Waals surface area contributed by atoms with Crippen molar-refractivity contribution in [2.75, 3.05) is 7.11 Å². The minimum Gasteiger partial charge on any atom is -0.465 e. The van der Waals surface area contributed by atoms with E-state index in [1.165, 1.54) is 7.11 Å². The van der Waals surface area contributed by atoms with Crippen molar-refractivity contribution in [3.8, 4) is 5.69 Å². The highest BCUT2D eigenvalue weighted by Crippen LogP contribution is 2.25. The number of nitrogens with zero attached hydrogens (tertiary/aromatic N) is 2. The maximum atomic E-state index is 11.6. The van der Waals surface area contributed by atoms with Crippen molar-refractivity contribution < 1.29 is 9.53 Å². The van der Waals surface area contributed by atoms with Crippen molar-refractivity contribution in [1.82, 2.24) is 4.57 Å². The van der Waals surface area contributed by atoms with Gasteiger partial charge in [-0.15, -0.1) is 0 Å². The molecule has 3 aromatic rings. The molecule has 0 aliphatic heterocycles. The lowest BCUT2D eigenvalue weighted by atomic mass is 10.2. The second-order valence-electron chi connectivity index (χ2n) is 6.05. The van der Waals surface area contributed by atoms with Gasteiger partial charge in [-0.3, -0.25) is 4.99 Å². The number of carbonyl (C=O) groups is 1. The van der Waals surface area contributed by atoms with Gasteiger partial charge in [0.25, 0.3) is 0 Å². The number of aliphatic imine (C=N–C) groups is 1. The zero-order chi connectivity index (χ0) is 19.6. The van der Waals surface area contributed by atoms with Gasteiger partial charge in [-0.25, -0.2) is 4.79 Å². The monoisotopic (exact) mass is 400 g/mol. The molecule has 0 N–H and O–H groups in total. The molecule has 138 valence electrons. The van der Waals surface area contributed by atoms with Crippen molar-refractivity contribution in [1.29, 1.82) is 0 Å². The Morgan fingerprint density at radius 1 is 1.07 bits per heavy atom. The van der Waals surface area contributed by atoms with E-state index < -0.39 is 5.97 Å². The van der Waals surface area contributed by atoms with E-state index in [1.807, 2.05) is 38.1 Å². The summed E-state index contributed by atoms with van der Waals surface area (Å²) in [6, 6.07) is 14.7. The average molecular weight is 401 g/mol. The van der Waals surface area contributed by atoms with Gasteiger partial charge in [0.1, 0.15) is 0 Å². The molecule has 0 fully saturated rings. The van der Waals surface area contributed by atoms with E-state index in [9.17, 15) is 4.79 Å². The quantitative estimate of drug-likeness (QED) is 0.401. The molecule has 0 saturated heterocycles. The van der Waals surface area contributed by atoms with E-state index in [0.29, 0.717) is 21.3 Å². The summed E-state index contributed by atoms with van der Waals surface area (Å²) in [5.74, 6) is -0.470. The van der Waals surface area contributed by atoms with Crippen LogP contribution in [0.2, 0.25) is 10.0 Å². The van der Waals surface area contributed by atoms with Gasteiger partial charge in [0, 0.05) is 33.9 Å². The third kappa shape index (κ3) is 4.07. The van der Waals surface area contributed by atoms with Crippen LogP contribution in [0.3, 0.4) is 0 Å². The Labute approximate surface area is 168 Å². The summed E-state index contributed by atoms with van der Waals surface area (Å²) >= 11 is 12.1. The largest absolute Gasteiger partial charge is 0.465 e. The Morgan fingerprint density at radius 2 is 1.78 bits per heavy atom. The van der Waals surface area contributed by atoms with Crippen LogP contribution in [-0.2, 0) is 4.74 Å². The summed E-state index contributed by atoms with van der Waals surface area (Å²) < 4.78 is 6.84. The van der Waals surface area contributed by atoms with Gasteiger partial charge in [0.15, 0.2) is 0 Å². The summed E-state index contributed by atoms with van der Waals surface area (Å²) in [4.78, 5) is 16.1. The van der Waals surface area contributed by atoms with Gasteiger partial charge in [-0.2, -0.15) is 0 Å². The molecule has 0 unspecified atom stereocenters. The fourth-order valence-electron chi connectivity index (χ4n) is 2.91. The van der Waals surface area contributed by atoms with Crippen molar-refractivity contribution in [3.05, 3.63) is 81.1 Å². The van der Waals surface area contributed by atoms with E-state index in [2.05, 4.69) is 15.6 Å². The summed E-state index contributed by atoms with van der Waals surface area (Å²) in [7, 11) is 1.32. The first-order valence-electron chi connectivity index (χ1n) is 8.27. The van der Waals surface area contributed by atoms with Gasteiger partial charge in [-0.05, 0) is 62.4 Å². The lowest BCUT2D eigenvalue weighted by Gasteiger charge is -2.09. The Hall–Kier alpha value is -2.56. The average Bonchev–Trinajstić information content (AvgIpc) is 2.94. The number of methoxy groups -OCH3 is 1. The number of aromatic nitrogens is 1. The molecule has 4 nitrogen and oxygen atoms in total.